The summed E-state index contributed by atoms with van der Waals surface area (Å²) < 4.78 is 0. The zero-order valence-corrected chi connectivity index (χ0v) is 17.0. The van der Waals surface area contributed by atoms with Gasteiger partial charge in [-0.15, -0.1) is 0 Å². The zero-order valence-electron chi connectivity index (χ0n) is 17.0. The van der Waals surface area contributed by atoms with Gasteiger partial charge in [0, 0.05) is 23.7 Å². The van der Waals surface area contributed by atoms with Crippen molar-refractivity contribution in [3.8, 4) is 0 Å². The molecule has 0 aliphatic heterocycles. The van der Waals surface area contributed by atoms with E-state index in [1.807, 2.05) is 0 Å². The lowest BCUT2D eigenvalue weighted by molar-refractivity contribution is -0.384. The number of carbonyl (C=O) groups is 2. The molecule has 29 heavy (non-hydrogen) atoms. The molecule has 7 heteroatoms. The summed E-state index contributed by atoms with van der Waals surface area (Å²) in [7, 11) is 0. The summed E-state index contributed by atoms with van der Waals surface area (Å²) in [6.07, 6.45) is 7.68. The van der Waals surface area contributed by atoms with Gasteiger partial charge in [0.25, 0.3) is 11.6 Å². The summed E-state index contributed by atoms with van der Waals surface area (Å²) in [5, 5.41) is 16.7. The minimum atomic E-state index is -0.710. The highest BCUT2D eigenvalue weighted by Gasteiger charge is 2.53. The van der Waals surface area contributed by atoms with Gasteiger partial charge in [0.05, 0.1) is 4.92 Å². The number of nitro groups is 1. The summed E-state index contributed by atoms with van der Waals surface area (Å²) in [4.78, 5) is 35.5. The minimum absolute atomic E-state index is 0.0839. The molecule has 2 amide bonds. The third-order valence-corrected chi connectivity index (χ3v) is 7.42. The molecule has 156 valence electrons. The van der Waals surface area contributed by atoms with Gasteiger partial charge in [-0.1, -0.05) is 6.07 Å². The van der Waals surface area contributed by atoms with Crippen LogP contribution in [0, 0.1) is 33.3 Å². The van der Waals surface area contributed by atoms with Crippen molar-refractivity contribution in [3.05, 3.63) is 39.9 Å². The van der Waals surface area contributed by atoms with Gasteiger partial charge in [-0.2, -0.15) is 0 Å². The Morgan fingerprint density at radius 1 is 1.07 bits per heavy atom. The maximum absolute atomic E-state index is 12.8. The van der Waals surface area contributed by atoms with E-state index in [4.69, 9.17) is 0 Å². The van der Waals surface area contributed by atoms with Crippen molar-refractivity contribution < 1.29 is 14.5 Å². The Morgan fingerprint density at radius 3 is 2.21 bits per heavy atom. The highest BCUT2D eigenvalue weighted by atomic mass is 16.6. The first-order valence-corrected chi connectivity index (χ1v) is 10.6. The number of nitrogens with zero attached hydrogens (tertiary/aromatic N) is 1. The van der Waals surface area contributed by atoms with Gasteiger partial charge in [0.15, 0.2) is 0 Å². The van der Waals surface area contributed by atoms with E-state index in [1.165, 1.54) is 62.8 Å². The Kier molecular flexibility index (Phi) is 5.09. The molecule has 4 fully saturated rings. The van der Waals surface area contributed by atoms with Crippen molar-refractivity contribution in [2.75, 3.05) is 0 Å². The molecule has 0 saturated heterocycles. The Bertz CT molecular complexity index is 802. The van der Waals surface area contributed by atoms with Crippen molar-refractivity contribution in [1.29, 1.82) is 0 Å². The van der Waals surface area contributed by atoms with Crippen LogP contribution in [-0.4, -0.2) is 28.8 Å². The van der Waals surface area contributed by atoms with Gasteiger partial charge >= 0.3 is 0 Å². The Morgan fingerprint density at radius 2 is 1.66 bits per heavy atom. The predicted octanol–water partition coefficient (Wildman–Crippen LogP) is 3.43. The van der Waals surface area contributed by atoms with E-state index < -0.39 is 16.9 Å². The standard InChI is InChI=1S/C22H29N3O4/c1-13(23-21(27)18-4-3-5-19(9-18)25(28)29)20(26)24-14(2)22-10-15-6-16(11-22)8-17(7-15)12-22/h3-5,9,13-17H,6-8,10-12H2,1-2H3,(H,23,27)(H,24,26). The van der Waals surface area contributed by atoms with Crippen LogP contribution in [-0.2, 0) is 4.79 Å². The lowest BCUT2D eigenvalue weighted by atomic mass is 9.48. The van der Waals surface area contributed by atoms with Gasteiger partial charge < -0.3 is 10.6 Å². The molecule has 5 rings (SSSR count). The van der Waals surface area contributed by atoms with Crippen LogP contribution in [0.5, 0.6) is 0 Å². The Labute approximate surface area is 170 Å². The molecule has 0 aromatic heterocycles. The van der Waals surface area contributed by atoms with E-state index in [0.717, 1.165) is 17.8 Å². The smallest absolute Gasteiger partial charge is 0.270 e. The number of benzene rings is 1. The SMILES string of the molecule is CC(NC(=O)c1cccc([N+](=O)[O-])c1)C(=O)NC(C)C12CC3CC(CC(C3)C1)C2. The number of non-ortho nitro benzene ring substituents is 1. The first-order valence-electron chi connectivity index (χ1n) is 10.6. The maximum atomic E-state index is 12.8. The predicted molar refractivity (Wildman–Crippen MR) is 108 cm³/mol. The first kappa shape index (κ1) is 19.9. The third kappa shape index (κ3) is 3.87. The minimum Gasteiger partial charge on any atom is -0.351 e. The van der Waals surface area contributed by atoms with Gasteiger partial charge in [-0.3, -0.25) is 19.7 Å². The van der Waals surface area contributed by atoms with Crippen molar-refractivity contribution in [2.24, 2.45) is 23.2 Å². The molecule has 4 saturated carbocycles. The van der Waals surface area contributed by atoms with E-state index in [2.05, 4.69) is 17.6 Å². The first-order chi connectivity index (χ1) is 13.8. The van der Waals surface area contributed by atoms with Crippen molar-refractivity contribution >= 4 is 17.5 Å². The van der Waals surface area contributed by atoms with Crippen LogP contribution >= 0.6 is 0 Å². The van der Waals surface area contributed by atoms with Crippen LogP contribution < -0.4 is 10.6 Å². The van der Waals surface area contributed by atoms with E-state index in [1.54, 1.807) is 6.92 Å². The van der Waals surface area contributed by atoms with Crippen molar-refractivity contribution in [2.45, 2.75) is 64.5 Å². The van der Waals surface area contributed by atoms with Gasteiger partial charge in [0.1, 0.15) is 6.04 Å². The van der Waals surface area contributed by atoms with E-state index in [0.29, 0.717) is 0 Å². The lowest BCUT2D eigenvalue weighted by Crippen LogP contribution is -2.58. The van der Waals surface area contributed by atoms with Crippen LogP contribution in [0.1, 0.15) is 62.7 Å². The summed E-state index contributed by atoms with van der Waals surface area (Å²) >= 11 is 0. The number of hydrogen-bond donors (Lipinski definition) is 2. The van der Waals surface area contributed by atoms with Crippen LogP contribution in [0.3, 0.4) is 0 Å². The van der Waals surface area contributed by atoms with Crippen LogP contribution in [0.25, 0.3) is 0 Å². The molecule has 2 unspecified atom stereocenters. The van der Waals surface area contributed by atoms with Gasteiger partial charge in [-0.25, -0.2) is 0 Å². The molecular weight excluding hydrogens is 370 g/mol. The number of amides is 2. The van der Waals surface area contributed by atoms with Crippen LogP contribution in [0.2, 0.25) is 0 Å². The number of nitro benzene ring substituents is 1. The zero-order chi connectivity index (χ0) is 20.8. The largest absolute Gasteiger partial charge is 0.351 e. The molecule has 4 aliphatic rings. The fourth-order valence-electron chi connectivity index (χ4n) is 6.31. The molecule has 0 heterocycles. The monoisotopic (exact) mass is 399 g/mol. The van der Waals surface area contributed by atoms with Gasteiger partial charge in [-0.05, 0) is 81.6 Å². The normalized spacial score (nSPS) is 31.7. The maximum Gasteiger partial charge on any atom is 0.270 e. The van der Waals surface area contributed by atoms with E-state index in [-0.39, 0.29) is 28.6 Å². The molecule has 1 aromatic carbocycles. The molecule has 0 radical (unpaired) electrons. The molecule has 2 atom stereocenters. The van der Waals surface area contributed by atoms with Crippen molar-refractivity contribution in [3.63, 3.8) is 0 Å². The topological polar surface area (TPSA) is 101 Å². The van der Waals surface area contributed by atoms with Crippen LogP contribution in [0.4, 0.5) is 5.69 Å². The summed E-state index contributed by atoms with van der Waals surface area (Å²) in [5.74, 6) is 1.75. The molecule has 2 N–H and O–H groups in total. The number of nitrogens with one attached hydrogen (secondary N) is 2. The van der Waals surface area contributed by atoms with Crippen LogP contribution in [0.15, 0.2) is 24.3 Å². The number of hydrogen-bond acceptors (Lipinski definition) is 4. The van der Waals surface area contributed by atoms with Crippen molar-refractivity contribution in [1.82, 2.24) is 10.6 Å². The quantitative estimate of drug-likeness (QED) is 0.565. The highest BCUT2D eigenvalue weighted by Crippen LogP contribution is 2.61. The number of carbonyl (C=O) groups excluding carboxylic acids is 2. The molecule has 4 aliphatic carbocycles. The molecular formula is C22H29N3O4. The second-order valence-electron chi connectivity index (χ2n) is 9.51. The second kappa shape index (κ2) is 7.43. The summed E-state index contributed by atoms with van der Waals surface area (Å²) in [6.45, 7) is 3.76. The van der Waals surface area contributed by atoms with E-state index in [9.17, 15) is 19.7 Å². The fourth-order valence-corrected chi connectivity index (χ4v) is 6.31. The molecule has 0 spiro atoms. The van der Waals surface area contributed by atoms with Gasteiger partial charge in [0.2, 0.25) is 5.91 Å². The Balaban J connectivity index is 1.36. The summed E-state index contributed by atoms with van der Waals surface area (Å²) in [6, 6.07) is 4.90. The fraction of sp³-hybridized carbons (Fsp3) is 0.636. The average molecular weight is 399 g/mol. The molecule has 4 bridgehead atoms. The third-order valence-electron chi connectivity index (χ3n) is 7.42. The average Bonchev–Trinajstić information content (AvgIpc) is 2.66. The van der Waals surface area contributed by atoms with E-state index >= 15 is 0 Å². The molecule has 1 aromatic rings. The number of rotatable bonds is 6. The molecule has 7 nitrogen and oxygen atoms in total. The summed E-state index contributed by atoms with van der Waals surface area (Å²) in [5.41, 5.74) is 0.229. The lowest BCUT2D eigenvalue weighted by Gasteiger charge is -2.59. The Hall–Kier alpha value is -2.44. The highest BCUT2D eigenvalue weighted by molar-refractivity contribution is 5.97. The second-order valence-corrected chi connectivity index (χ2v) is 9.51.